The van der Waals surface area contributed by atoms with E-state index in [4.69, 9.17) is 9.47 Å². The van der Waals surface area contributed by atoms with E-state index in [0.29, 0.717) is 48.7 Å². The van der Waals surface area contributed by atoms with Gasteiger partial charge in [-0.2, -0.15) is 0 Å². The summed E-state index contributed by atoms with van der Waals surface area (Å²) in [4.78, 5) is 25.0. The van der Waals surface area contributed by atoms with Gasteiger partial charge in [0, 0.05) is 25.2 Å². The minimum absolute atomic E-state index is 0. The van der Waals surface area contributed by atoms with Crippen LogP contribution in [0.1, 0.15) is 56.2 Å². The number of morpholine rings is 1. The van der Waals surface area contributed by atoms with E-state index in [1.54, 1.807) is 12.5 Å². The van der Waals surface area contributed by atoms with Crippen molar-refractivity contribution in [1.82, 2.24) is 29.3 Å². The van der Waals surface area contributed by atoms with Crippen LogP contribution in [0, 0.1) is 0 Å². The maximum absolute atomic E-state index is 13.6. The van der Waals surface area contributed by atoms with Crippen LogP contribution in [0.4, 0.5) is 11.4 Å². The number of pyridine rings is 1. The van der Waals surface area contributed by atoms with Crippen molar-refractivity contribution in [3.05, 3.63) is 60.7 Å². The van der Waals surface area contributed by atoms with E-state index in [-0.39, 0.29) is 18.9 Å². The Balaban J connectivity index is 0.00000289. The molecule has 11 nitrogen and oxygen atoms in total. The second-order valence-corrected chi connectivity index (χ2v) is 10.9. The summed E-state index contributed by atoms with van der Waals surface area (Å²) in [5.41, 5.74) is 4.20. The third-order valence-electron chi connectivity index (χ3n) is 7.60. The highest BCUT2D eigenvalue weighted by atomic mass is 16.5. The Morgan fingerprint density at radius 2 is 1.93 bits per heavy atom. The van der Waals surface area contributed by atoms with Gasteiger partial charge in [-0.25, -0.2) is 9.97 Å². The predicted molar refractivity (Wildman–Crippen MR) is 151 cm³/mol. The van der Waals surface area contributed by atoms with Crippen molar-refractivity contribution in [3.63, 3.8) is 0 Å². The van der Waals surface area contributed by atoms with Crippen LogP contribution in [0.15, 0.2) is 49.3 Å². The van der Waals surface area contributed by atoms with Crippen molar-refractivity contribution in [2.24, 2.45) is 0 Å². The number of hydrogen-bond acceptors (Lipinski definition) is 8. The van der Waals surface area contributed by atoms with Gasteiger partial charge in [0.05, 0.1) is 59.6 Å². The van der Waals surface area contributed by atoms with Gasteiger partial charge in [0.15, 0.2) is 11.6 Å². The van der Waals surface area contributed by atoms with Crippen LogP contribution in [0.25, 0.3) is 17.1 Å². The summed E-state index contributed by atoms with van der Waals surface area (Å²) in [5, 5.41) is 11.5. The van der Waals surface area contributed by atoms with Crippen LogP contribution in [-0.4, -0.2) is 68.1 Å². The largest absolute Gasteiger partial charge is 0.488 e. The van der Waals surface area contributed by atoms with Gasteiger partial charge < -0.3 is 28.8 Å². The number of para-hydroxylation sites is 1. The maximum Gasteiger partial charge on any atom is 0.274 e. The molecule has 7 rings (SSSR count). The van der Waals surface area contributed by atoms with Gasteiger partial charge in [-0.15, -0.1) is 10.2 Å². The first-order valence-corrected chi connectivity index (χ1v) is 13.3. The summed E-state index contributed by atoms with van der Waals surface area (Å²) in [5.74, 6) is 1.48. The van der Waals surface area contributed by atoms with Gasteiger partial charge in [0.2, 0.25) is 0 Å². The first kappa shape index (κ1) is 26.0. The van der Waals surface area contributed by atoms with Crippen LogP contribution in [0.5, 0.6) is 5.75 Å². The molecular formula is C29H34N8O3. The lowest BCUT2D eigenvalue weighted by molar-refractivity contribution is 0.102. The van der Waals surface area contributed by atoms with Gasteiger partial charge in [0.25, 0.3) is 5.91 Å². The molecule has 0 unspecified atom stereocenters. The number of benzene rings is 1. The molecule has 11 heteroatoms. The Bertz CT molecular complexity index is 1550. The molecule has 2 fully saturated rings. The van der Waals surface area contributed by atoms with Crippen molar-refractivity contribution in [1.29, 1.82) is 0 Å². The molecule has 1 aliphatic carbocycles. The molecule has 0 radical (unpaired) electrons. The molecule has 2 aliphatic heterocycles. The van der Waals surface area contributed by atoms with Gasteiger partial charge in [-0.1, -0.05) is 13.5 Å². The molecule has 208 valence electrons. The van der Waals surface area contributed by atoms with Crippen LogP contribution in [-0.2, 0) is 10.3 Å². The van der Waals surface area contributed by atoms with Crippen molar-refractivity contribution in [3.8, 4) is 22.8 Å². The highest BCUT2D eigenvalue weighted by Gasteiger charge is 2.32. The molecule has 1 aromatic carbocycles. The van der Waals surface area contributed by atoms with Gasteiger partial charge in [0.1, 0.15) is 18.6 Å². The third kappa shape index (κ3) is 4.60. The van der Waals surface area contributed by atoms with E-state index >= 15 is 0 Å². The minimum Gasteiger partial charge on any atom is -0.488 e. The zero-order valence-corrected chi connectivity index (χ0v) is 22.0. The molecular weight excluding hydrogens is 508 g/mol. The number of imidazole rings is 1. The summed E-state index contributed by atoms with van der Waals surface area (Å²) in [7, 11) is 0. The predicted octanol–water partition coefficient (Wildman–Crippen LogP) is 4.26. The number of nitrogens with one attached hydrogen (secondary N) is 1. The van der Waals surface area contributed by atoms with Crippen molar-refractivity contribution in [2.75, 3.05) is 43.1 Å². The lowest BCUT2D eigenvalue weighted by atomic mass is 10.1. The number of carbonyl (C=O) groups excluding carboxylic acids is 1. The number of amides is 1. The molecule has 0 bridgehead atoms. The summed E-state index contributed by atoms with van der Waals surface area (Å²) < 4.78 is 15.8. The minimum atomic E-state index is -0.352. The monoisotopic (exact) mass is 542 g/mol. The van der Waals surface area contributed by atoms with Crippen molar-refractivity contribution >= 4 is 17.3 Å². The number of hydrogen-bond donors (Lipinski definition) is 1. The molecule has 3 aliphatic rings. The molecule has 4 aromatic rings. The van der Waals surface area contributed by atoms with Crippen LogP contribution >= 0.6 is 0 Å². The second-order valence-electron chi connectivity index (χ2n) is 10.9. The average Bonchev–Trinajstić information content (AvgIpc) is 3.49. The molecule has 1 N–H and O–H groups in total. The van der Waals surface area contributed by atoms with E-state index in [0.717, 1.165) is 35.7 Å². The average molecular weight is 543 g/mol. The van der Waals surface area contributed by atoms with E-state index < -0.39 is 0 Å². The molecule has 40 heavy (non-hydrogen) atoms. The first-order valence-electron chi connectivity index (χ1n) is 13.3. The Morgan fingerprint density at radius 3 is 2.73 bits per heavy atom. The standard InChI is InChI=1S/C28H30N8O3.CH4/c1-28(2)15-39-25-19(26-33-31-17-36(26)28)4-3-5-20(25)32-27(37)21-12-23(35-14-22(30-16-35)18-6-7-18)24(13-29-21)34-8-10-38-11-9-34;/h3-5,12-14,16-18H,6-11,15H2,1-2H3,(H,32,37);1H4. The van der Waals surface area contributed by atoms with Gasteiger partial charge in [-0.05, 0) is 44.9 Å². The Kier molecular flexibility index (Phi) is 6.53. The van der Waals surface area contributed by atoms with Gasteiger partial charge >= 0.3 is 0 Å². The molecule has 0 atom stereocenters. The number of rotatable bonds is 5. The molecule has 0 spiro atoms. The maximum atomic E-state index is 13.6. The number of ether oxygens (including phenoxy) is 2. The second kappa shape index (κ2) is 10.1. The quantitative estimate of drug-likeness (QED) is 0.398. The zero-order chi connectivity index (χ0) is 26.6. The third-order valence-corrected chi connectivity index (χ3v) is 7.60. The normalized spacial score (nSPS) is 17.6. The molecule has 1 saturated heterocycles. The highest BCUT2D eigenvalue weighted by Crippen LogP contribution is 2.41. The summed E-state index contributed by atoms with van der Waals surface area (Å²) in [6.07, 6.45) is 9.74. The van der Waals surface area contributed by atoms with Crippen LogP contribution in [0.3, 0.4) is 0 Å². The molecule has 1 saturated carbocycles. The van der Waals surface area contributed by atoms with Crippen LogP contribution < -0.4 is 15.0 Å². The highest BCUT2D eigenvalue weighted by molar-refractivity contribution is 6.05. The number of fused-ring (bicyclic) bond motifs is 3. The fraction of sp³-hybridized carbons (Fsp3) is 0.414. The van der Waals surface area contributed by atoms with E-state index in [9.17, 15) is 4.79 Å². The summed E-state index contributed by atoms with van der Waals surface area (Å²) in [6.45, 7) is 7.37. The Morgan fingerprint density at radius 1 is 1.10 bits per heavy atom. The lowest BCUT2D eigenvalue weighted by Gasteiger charge is -2.30. The summed E-state index contributed by atoms with van der Waals surface area (Å²) in [6, 6.07) is 7.47. The molecule has 1 amide bonds. The van der Waals surface area contributed by atoms with E-state index in [1.165, 1.54) is 12.8 Å². The zero-order valence-electron chi connectivity index (χ0n) is 22.0. The van der Waals surface area contributed by atoms with E-state index in [1.807, 2.05) is 39.7 Å². The lowest BCUT2D eigenvalue weighted by Crippen LogP contribution is -2.37. The fourth-order valence-corrected chi connectivity index (χ4v) is 5.21. The number of nitrogens with zero attached hydrogens (tertiary/aromatic N) is 7. The van der Waals surface area contributed by atoms with Crippen molar-refractivity contribution < 1.29 is 14.3 Å². The van der Waals surface area contributed by atoms with Gasteiger partial charge in [-0.3, -0.25) is 4.79 Å². The van der Waals surface area contributed by atoms with Crippen molar-refractivity contribution in [2.45, 2.75) is 45.6 Å². The van der Waals surface area contributed by atoms with E-state index in [2.05, 4.69) is 50.4 Å². The van der Waals surface area contributed by atoms with Crippen LogP contribution in [0.2, 0.25) is 0 Å². The molecule has 3 aromatic heterocycles. The first-order chi connectivity index (χ1) is 19.0. The summed E-state index contributed by atoms with van der Waals surface area (Å²) >= 11 is 0. The molecule has 5 heterocycles. The number of anilines is 2. The Hall–Kier alpha value is -4.25. The number of carbonyl (C=O) groups is 1. The number of aromatic nitrogens is 6. The SMILES string of the molecule is C.CC1(C)COc2c(NC(=O)c3cc(-n4cnc(C5CC5)c4)c(N4CCOCC4)cn3)cccc2-c2nncn21. The smallest absolute Gasteiger partial charge is 0.274 e. The topological polar surface area (TPSA) is 112 Å². The Labute approximate surface area is 233 Å². The fourth-order valence-electron chi connectivity index (χ4n) is 5.21.